The Morgan fingerprint density at radius 3 is 2.56 bits per heavy atom. The second kappa shape index (κ2) is 7.77. The van der Waals surface area contributed by atoms with Gasteiger partial charge in [-0.3, -0.25) is 4.79 Å². The zero-order chi connectivity index (χ0) is 14.1. The number of carboxylic acid groups (broad SMARTS) is 1. The van der Waals surface area contributed by atoms with E-state index in [1.54, 1.807) is 26.0 Å². The van der Waals surface area contributed by atoms with Crippen LogP contribution in [0.1, 0.15) is 23.1 Å². The maximum atomic E-state index is 11.4. The maximum absolute atomic E-state index is 11.4. The summed E-state index contributed by atoms with van der Waals surface area (Å²) in [6.07, 6.45) is 0. The summed E-state index contributed by atoms with van der Waals surface area (Å²) in [7, 11) is 1.30. The van der Waals surface area contributed by atoms with Crippen LogP contribution >= 0.6 is 0 Å². The summed E-state index contributed by atoms with van der Waals surface area (Å²) in [6, 6.07) is 3.44. The fourth-order valence-electron chi connectivity index (χ4n) is 1.08. The molecule has 1 aromatic heterocycles. The van der Waals surface area contributed by atoms with E-state index < -0.39 is 5.97 Å². The number of nitrogens with two attached hydrogens (primary N) is 1. The largest absolute Gasteiger partial charge is 0.483 e. The maximum Gasteiger partial charge on any atom is 0.358 e. The molecule has 1 aromatic rings. The Kier molecular flexibility index (Phi) is 6.72. The number of esters is 1. The first-order valence-corrected chi connectivity index (χ1v) is 4.90. The van der Waals surface area contributed by atoms with Gasteiger partial charge in [0, 0.05) is 5.69 Å². The lowest BCUT2D eigenvalue weighted by atomic mass is 10.2. The predicted octanol–water partition coefficient (Wildman–Crippen LogP) is 0.886. The summed E-state index contributed by atoms with van der Waals surface area (Å²) in [6.45, 7) is 3.18. The summed E-state index contributed by atoms with van der Waals surface area (Å²) in [4.78, 5) is 27.8. The van der Waals surface area contributed by atoms with Crippen molar-refractivity contribution in [3.63, 3.8) is 0 Å². The molecule has 0 atom stereocenters. The van der Waals surface area contributed by atoms with Gasteiger partial charge in [-0.2, -0.15) is 0 Å². The van der Waals surface area contributed by atoms with Crippen LogP contribution < -0.4 is 5.73 Å². The number of aromatic nitrogens is 1. The molecule has 0 saturated carbocycles. The topological polar surface area (TPSA) is 115 Å². The standard InChI is InChI=1S/C10H13N3O2.CH2O2/c1-6-4-5-8(13-7(2)11)9(12-6)10(14)15-3;2-1-3/h4-5H,1-3H3,(H2,11,13);1H,(H,2,3). The monoisotopic (exact) mass is 253 g/mol. The van der Waals surface area contributed by atoms with Crippen molar-refractivity contribution < 1.29 is 19.4 Å². The van der Waals surface area contributed by atoms with Crippen molar-refractivity contribution in [2.24, 2.45) is 10.7 Å². The van der Waals surface area contributed by atoms with Crippen LogP contribution in [-0.4, -0.2) is 35.5 Å². The molecule has 1 rings (SSSR count). The first-order valence-electron chi connectivity index (χ1n) is 4.90. The highest BCUT2D eigenvalue weighted by Crippen LogP contribution is 2.18. The van der Waals surface area contributed by atoms with Crippen molar-refractivity contribution in [3.05, 3.63) is 23.5 Å². The van der Waals surface area contributed by atoms with Gasteiger partial charge in [0.25, 0.3) is 6.47 Å². The van der Waals surface area contributed by atoms with Gasteiger partial charge in [0.05, 0.1) is 18.6 Å². The fourth-order valence-corrected chi connectivity index (χ4v) is 1.08. The van der Waals surface area contributed by atoms with Crippen LogP contribution in [0.5, 0.6) is 0 Å². The Morgan fingerprint density at radius 1 is 1.56 bits per heavy atom. The normalized spacial score (nSPS) is 10.1. The summed E-state index contributed by atoms with van der Waals surface area (Å²) >= 11 is 0. The lowest BCUT2D eigenvalue weighted by Crippen LogP contribution is -2.08. The molecule has 1 heterocycles. The van der Waals surface area contributed by atoms with E-state index in [2.05, 4.69) is 14.7 Å². The third-order valence-electron chi connectivity index (χ3n) is 1.69. The van der Waals surface area contributed by atoms with E-state index in [0.717, 1.165) is 5.69 Å². The van der Waals surface area contributed by atoms with E-state index in [9.17, 15) is 4.79 Å². The number of methoxy groups -OCH3 is 1. The smallest absolute Gasteiger partial charge is 0.358 e. The molecule has 3 N–H and O–H groups in total. The van der Waals surface area contributed by atoms with Crippen LogP contribution in [0.25, 0.3) is 0 Å². The number of amidine groups is 1. The SMILES string of the molecule is COC(=O)c1nc(C)ccc1N=C(C)N.O=CO. The van der Waals surface area contributed by atoms with Crippen molar-refractivity contribution >= 4 is 24.0 Å². The number of ether oxygens (including phenoxy) is 1. The van der Waals surface area contributed by atoms with Gasteiger partial charge in [-0.25, -0.2) is 14.8 Å². The first-order chi connectivity index (χ1) is 8.46. The lowest BCUT2D eigenvalue weighted by Gasteiger charge is -2.04. The van der Waals surface area contributed by atoms with E-state index >= 15 is 0 Å². The van der Waals surface area contributed by atoms with Gasteiger partial charge in [0.15, 0.2) is 5.69 Å². The second-order valence-corrected chi connectivity index (χ2v) is 3.17. The molecule has 0 bridgehead atoms. The van der Waals surface area contributed by atoms with Crippen LogP contribution in [0.4, 0.5) is 5.69 Å². The highest BCUT2D eigenvalue weighted by atomic mass is 16.5. The molecule has 7 nitrogen and oxygen atoms in total. The minimum absolute atomic E-state index is 0.183. The molecule has 98 valence electrons. The molecule has 0 unspecified atom stereocenters. The second-order valence-electron chi connectivity index (χ2n) is 3.17. The molecule has 0 radical (unpaired) electrons. The number of aliphatic imine (C=N–C) groups is 1. The molecule has 0 spiro atoms. The average Bonchev–Trinajstić information content (AvgIpc) is 2.31. The molecule has 0 aromatic carbocycles. The molecule has 0 aliphatic heterocycles. The number of pyridine rings is 1. The molecule has 0 aliphatic carbocycles. The van der Waals surface area contributed by atoms with Gasteiger partial charge < -0.3 is 15.6 Å². The fraction of sp³-hybridized carbons (Fsp3) is 0.273. The predicted molar refractivity (Wildman–Crippen MR) is 66.0 cm³/mol. The van der Waals surface area contributed by atoms with Gasteiger partial charge in [-0.1, -0.05) is 0 Å². The van der Waals surface area contributed by atoms with Gasteiger partial charge >= 0.3 is 5.97 Å². The Hall–Kier alpha value is -2.44. The summed E-state index contributed by atoms with van der Waals surface area (Å²) in [5.74, 6) is -0.149. The number of nitrogens with zero attached hydrogens (tertiary/aromatic N) is 2. The van der Waals surface area contributed by atoms with Crippen LogP contribution in [0.15, 0.2) is 17.1 Å². The highest BCUT2D eigenvalue weighted by molar-refractivity contribution is 5.94. The van der Waals surface area contributed by atoms with E-state index in [1.165, 1.54) is 7.11 Å². The third-order valence-corrected chi connectivity index (χ3v) is 1.69. The molecule has 0 saturated heterocycles. The molecular weight excluding hydrogens is 238 g/mol. The molecule has 7 heteroatoms. The highest BCUT2D eigenvalue weighted by Gasteiger charge is 2.13. The zero-order valence-corrected chi connectivity index (χ0v) is 10.4. The molecule has 0 amide bonds. The minimum atomic E-state index is -0.515. The summed E-state index contributed by atoms with van der Waals surface area (Å²) in [5, 5.41) is 6.89. The number of aryl methyl sites for hydroxylation is 1. The lowest BCUT2D eigenvalue weighted by molar-refractivity contribution is -0.122. The van der Waals surface area contributed by atoms with Crippen molar-refractivity contribution in [1.82, 2.24) is 4.98 Å². The van der Waals surface area contributed by atoms with Crippen molar-refractivity contribution in [2.45, 2.75) is 13.8 Å². The molecule has 0 aliphatic rings. The molecule has 18 heavy (non-hydrogen) atoms. The Balaban J connectivity index is 0.000000873. The Bertz CT molecular complexity index is 454. The van der Waals surface area contributed by atoms with Gasteiger partial charge in [-0.05, 0) is 26.0 Å². The van der Waals surface area contributed by atoms with E-state index in [1.807, 2.05) is 0 Å². The number of carbonyl (C=O) groups is 2. The number of hydrogen-bond donors (Lipinski definition) is 2. The van der Waals surface area contributed by atoms with Gasteiger partial charge in [-0.15, -0.1) is 0 Å². The Morgan fingerprint density at radius 2 is 2.11 bits per heavy atom. The third kappa shape index (κ3) is 5.06. The van der Waals surface area contributed by atoms with Crippen molar-refractivity contribution in [3.8, 4) is 0 Å². The average molecular weight is 253 g/mol. The van der Waals surface area contributed by atoms with E-state index in [4.69, 9.17) is 15.6 Å². The van der Waals surface area contributed by atoms with Crippen LogP contribution in [0.3, 0.4) is 0 Å². The quantitative estimate of drug-likeness (QED) is 0.350. The van der Waals surface area contributed by atoms with E-state index in [-0.39, 0.29) is 12.2 Å². The van der Waals surface area contributed by atoms with E-state index in [0.29, 0.717) is 11.5 Å². The van der Waals surface area contributed by atoms with Crippen LogP contribution in [0, 0.1) is 6.92 Å². The van der Waals surface area contributed by atoms with Gasteiger partial charge in [0.1, 0.15) is 0 Å². The zero-order valence-electron chi connectivity index (χ0n) is 10.4. The first kappa shape index (κ1) is 15.6. The number of hydrogen-bond acceptors (Lipinski definition) is 5. The van der Waals surface area contributed by atoms with Crippen LogP contribution in [0.2, 0.25) is 0 Å². The molecule has 0 fully saturated rings. The van der Waals surface area contributed by atoms with Crippen molar-refractivity contribution in [1.29, 1.82) is 0 Å². The van der Waals surface area contributed by atoms with Gasteiger partial charge in [0.2, 0.25) is 0 Å². The summed E-state index contributed by atoms with van der Waals surface area (Å²) < 4.78 is 4.60. The number of carbonyl (C=O) groups excluding carboxylic acids is 1. The Labute approximate surface area is 104 Å². The summed E-state index contributed by atoms with van der Waals surface area (Å²) in [5.41, 5.74) is 6.78. The van der Waals surface area contributed by atoms with Crippen molar-refractivity contribution in [2.75, 3.05) is 7.11 Å². The minimum Gasteiger partial charge on any atom is -0.483 e. The molecular formula is C11H15N3O4. The number of rotatable bonds is 2. The van der Waals surface area contributed by atoms with Crippen LogP contribution in [-0.2, 0) is 9.53 Å².